The molecule has 0 radical (unpaired) electrons. The Hall–Kier alpha value is -2.05. The van der Waals surface area contributed by atoms with Gasteiger partial charge in [0.05, 0.1) is 23.2 Å². The lowest BCUT2D eigenvalue weighted by molar-refractivity contribution is -0.385. The number of alkyl halides is 2. The molecule has 7 heteroatoms. The summed E-state index contributed by atoms with van der Waals surface area (Å²) in [6.07, 6.45) is -2.98. The fourth-order valence-electron chi connectivity index (χ4n) is 1.55. The first-order chi connectivity index (χ1) is 8.38. The molecular formula is C11H11F2NO4. The van der Waals surface area contributed by atoms with Gasteiger partial charge in [0, 0.05) is 11.6 Å². The van der Waals surface area contributed by atoms with Crippen LogP contribution >= 0.6 is 0 Å². The molecular weight excluding hydrogens is 248 g/mol. The van der Waals surface area contributed by atoms with Crippen LogP contribution in [-0.2, 0) is 0 Å². The fourth-order valence-corrected chi connectivity index (χ4v) is 1.55. The predicted molar refractivity (Wildman–Crippen MR) is 59.2 cm³/mol. The monoisotopic (exact) mass is 259 g/mol. The Morgan fingerprint density at radius 1 is 1.50 bits per heavy atom. The molecule has 0 bridgehead atoms. The van der Waals surface area contributed by atoms with Crippen molar-refractivity contribution >= 4 is 11.5 Å². The van der Waals surface area contributed by atoms with E-state index in [0.29, 0.717) is 6.07 Å². The van der Waals surface area contributed by atoms with Gasteiger partial charge in [-0.3, -0.25) is 14.9 Å². The molecule has 0 aliphatic rings. The summed E-state index contributed by atoms with van der Waals surface area (Å²) in [6, 6.07) is 1.68. The summed E-state index contributed by atoms with van der Waals surface area (Å²) in [5.74, 6) is -0.807. The number of hydrogen-bond donors (Lipinski definition) is 0. The highest BCUT2D eigenvalue weighted by Crippen LogP contribution is 2.34. The van der Waals surface area contributed by atoms with Crippen LogP contribution in [0.2, 0.25) is 0 Å². The standard InChI is InChI=1S/C11H11F2NO4/c1-3-18-9-5-7(14(16)17)4-8(11(12)13)10(9)6(2)15/h4-5,11H,3H2,1-2H3. The molecule has 0 aromatic heterocycles. The smallest absolute Gasteiger partial charge is 0.273 e. The highest BCUT2D eigenvalue weighted by atomic mass is 19.3. The molecule has 0 aliphatic carbocycles. The summed E-state index contributed by atoms with van der Waals surface area (Å²) in [5.41, 5.74) is -1.52. The number of carbonyl (C=O) groups excluding carboxylic acids is 1. The molecule has 1 rings (SSSR count). The maximum atomic E-state index is 12.8. The van der Waals surface area contributed by atoms with Crippen molar-refractivity contribution in [1.82, 2.24) is 0 Å². The Balaban J connectivity index is 3.54. The lowest BCUT2D eigenvalue weighted by Gasteiger charge is -2.12. The third kappa shape index (κ3) is 2.79. The first kappa shape index (κ1) is 14.0. The van der Waals surface area contributed by atoms with Gasteiger partial charge in [-0.2, -0.15) is 0 Å². The minimum atomic E-state index is -2.98. The normalized spacial score (nSPS) is 10.5. The van der Waals surface area contributed by atoms with Crippen LogP contribution in [0.3, 0.4) is 0 Å². The molecule has 0 heterocycles. The van der Waals surface area contributed by atoms with Gasteiger partial charge in [-0.25, -0.2) is 8.78 Å². The third-order valence-corrected chi connectivity index (χ3v) is 2.22. The Morgan fingerprint density at radius 3 is 2.50 bits per heavy atom. The van der Waals surface area contributed by atoms with E-state index in [1.165, 1.54) is 0 Å². The summed E-state index contributed by atoms with van der Waals surface area (Å²) in [7, 11) is 0. The molecule has 0 saturated heterocycles. The first-order valence-corrected chi connectivity index (χ1v) is 5.12. The molecule has 0 N–H and O–H groups in total. The van der Waals surface area contributed by atoms with Crippen molar-refractivity contribution in [3.63, 3.8) is 0 Å². The number of ether oxygens (including phenoxy) is 1. The van der Waals surface area contributed by atoms with Crippen LogP contribution in [0.15, 0.2) is 12.1 Å². The topological polar surface area (TPSA) is 69.4 Å². The van der Waals surface area contributed by atoms with Crippen LogP contribution in [0, 0.1) is 10.1 Å². The molecule has 0 saturated carbocycles. The third-order valence-electron chi connectivity index (χ3n) is 2.22. The number of Topliss-reactive ketones (excluding diaryl/α,β-unsaturated/α-hetero) is 1. The van der Waals surface area contributed by atoms with E-state index in [1.54, 1.807) is 6.92 Å². The molecule has 0 aliphatic heterocycles. The van der Waals surface area contributed by atoms with Gasteiger partial charge in [0.2, 0.25) is 0 Å². The molecule has 0 spiro atoms. The van der Waals surface area contributed by atoms with Crippen LogP contribution in [0.5, 0.6) is 5.75 Å². The second kappa shape index (κ2) is 5.52. The molecule has 0 atom stereocenters. The van der Waals surface area contributed by atoms with E-state index in [2.05, 4.69) is 0 Å². The summed E-state index contributed by atoms with van der Waals surface area (Å²) in [4.78, 5) is 21.2. The molecule has 1 aromatic carbocycles. The molecule has 5 nitrogen and oxygen atoms in total. The Morgan fingerprint density at radius 2 is 2.11 bits per heavy atom. The zero-order valence-electron chi connectivity index (χ0n) is 9.78. The summed E-state index contributed by atoms with van der Waals surface area (Å²) in [6.45, 7) is 2.81. The van der Waals surface area contributed by atoms with E-state index in [9.17, 15) is 23.7 Å². The van der Waals surface area contributed by atoms with Crippen molar-refractivity contribution in [2.45, 2.75) is 20.3 Å². The van der Waals surface area contributed by atoms with Gasteiger partial charge in [0.1, 0.15) is 5.75 Å². The maximum absolute atomic E-state index is 12.8. The van der Waals surface area contributed by atoms with Gasteiger partial charge in [0.15, 0.2) is 5.78 Å². The van der Waals surface area contributed by atoms with Crippen molar-refractivity contribution in [3.8, 4) is 5.75 Å². The second-order valence-electron chi connectivity index (χ2n) is 3.46. The van der Waals surface area contributed by atoms with Gasteiger partial charge in [-0.05, 0) is 13.8 Å². The second-order valence-corrected chi connectivity index (χ2v) is 3.46. The number of hydrogen-bond acceptors (Lipinski definition) is 4. The number of benzene rings is 1. The average Bonchev–Trinajstić information content (AvgIpc) is 2.27. The highest BCUT2D eigenvalue weighted by molar-refractivity contribution is 5.98. The molecule has 1 aromatic rings. The van der Waals surface area contributed by atoms with E-state index in [1.807, 2.05) is 0 Å². The molecule has 0 amide bonds. The molecule has 98 valence electrons. The lowest BCUT2D eigenvalue weighted by atomic mass is 10.0. The summed E-state index contributed by atoms with van der Waals surface area (Å²) < 4.78 is 30.7. The van der Waals surface area contributed by atoms with Crippen LogP contribution < -0.4 is 4.74 Å². The Kier molecular flexibility index (Phi) is 4.30. The molecule has 0 unspecified atom stereocenters. The number of nitrogens with zero attached hydrogens (tertiary/aromatic N) is 1. The van der Waals surface area contributed by atoms with Gasteiger partial charge in [-0.1, -0.05) is 0 Å². The SMILES string of the molecule is CCOc1cc([N+](=O)[O-])cc(C(F)F)c1C(C)=O. The van der Waals surface area contributed by atoms with E-state index in [0.717, 1.165) is 13.0 Å². The fraction of sp³-hybridized carbons (Fsp3) is 0.364. The zero-order valence-corrected chi connectivity index (χ0v) is 9.78. The lowest BCUT2D eigenvalue weighted by Crippen LogP contribution is -2.07. The average molecular weight is 259 g/mol. The van der Waals surface area contributed by atoms with Crippen molar-refractivity contribution in [2.75, 3.05) is 6.61 Å². The molecule has 18 heavy (non-hydrogen) atoms. The van der Waals surface area contributed by atoms with Crippen LogP contribution in [-0.4, -0.2) is 17.3 Å². The first-order valence-electron chi connectivity index (χ1n) is 5.12. The van der Waals surface area contributed by atoms with Crippen molar-refractivity contribution in [1.29, 1.82) is 0 Å². The minimum Gasteiger partial charge on any atom is -0.493 e. The number of nitro benzene ring substituents is 1. The molecule has 0 fully saturated rings. The van der Waals surface area contributed by atoms with Gasteiger partial charge < -0.3 is 4.74 Å². The van der Waals surface area contributed by atoms with Crippen molar-refractivity contribution < 1.29 is 23.2 Å². The van der Waals surface area contributed by atoms with Crippen LogP contribution in [0.1, 0.15) is 36.2 Å². The Bertz CT molecular complexity index is 488. The predicted octanol–water partition coefficient (Wildman–Crippen LogP) is 3.13. The van der Waals surface area contributed by atoms with Crippen LogP contribution in [0.25, 0.3) is 0 Å². The zero-order chi connectivity index (χ0) is 13.9. The van der Waals surface area contributed by atoms with E-state index in [4.69, 9.17) is 4.74 Å². The Labute approximate surface area is 102 Å². The largest absolute Gasteiger partial charge is 0.493 e. The van der Waals surface area contributed by atoms with Crippen molar-refractivity contribution in [3.05, 3.63) is 33.4 Å². The maximum Gasteiger partial charge on any atom is 0.273 e. The van der Waals surface area contributed by atoms with Gasteiger partial charge >= 0.3 is 0 Å². The summed E-state index contributed by atoms with van der Waals surface area (Å²) >= 11 is 0. The van der Waals surface area contributed by atoms with Gasteiger partial charge in [-0.15, -0.1) is 0 Å². The summed E-state index contributed by atoms with van der Waals surface area (Å²) in [5, 5.41) is 10.6. The number of rotatable bonds is 5. The van der Waals surface area contributed by atoms with Crippen molar-refractivity contribution in [2.24, 2.45) is 0 Å². The minimum absolute atomic E-state index is 0.115. The van der Waals surface area contributed by atoms with E-state index in [-0.39, 0.29) is 17.9 Å². The van der Waals surface area contributed by atoms with Crippen LogP contribution in [0.4, 0.5) is 14.5 Å². The number of non-ortho nitro benzene ring substituents is 1. The number of nitro groups is 1. The highest BCUT2D eigenvalue weighted by Gasteiger charge is 2.25. The van der Waals surface area contributed by atoms with E-state index < -0.39 is 28.4 Å². The number of carbonyl (C=O) groups is 1. The number of ketones is 1. The number of halogens is 2. The van der Waals surface area contributed by atoms with E-state index >= 15 is 0 Å². The quantitative estimate of drug-likeness (QED) is 0.462. The van der Waals surface area contributed by atoms with Gasteiger partial charge in [0.25, 0.3) is 12.1 Å².